The molecule has 0 unspecified atom stereocenters. The number of ether oxygens (including phenoxy) is 3. The lowest BCUT2D eigenvalue weighted by Crippen LogP contribution is -2.11. The van der Waals surface area contributed by atoms with E-state index in [0.29, 0.717) is 24.7 Å². The third kappa shape index (κ3) is 5.14. The Morgan fingerprint density at radius 3 is 2.72 bits per heavy atom. The van der Waals surface area contributed by atoms with E-state index in [4.69, 9.17) is 14.2 Å². The molecular weight excluding hydrogens is 234 g/mol. The molecular formula is C13H19NO4. The van der Waals surface area contributed by atoms with Crippen LogP contribution in [0.5, 0.6) is 5.88 Å². The standard InChI is InChI=1S/C13H19NO4/c1-3-4-7-17-8-9-18-13(15)11-5-6-12(16-2)14-10-11/h5-6,10H,3-4,7-9H2,1-2H3. The second-order valence-corrected chi connectivity index (χ2v) is 3.69. The third-order valence-electron chi connectivity index (χ3n) is 2.28. The zero-order valence-corrected chi connectivity index (χ0v) is 10.8. The van der Waals surface area contributed by atoms with E-state index in [0.717, 1.165) is 12.8 Å². The van der Waals surface area contributed by atoms with Crippen molar-refractivity contribution in [2.45, 2.75) is 19.8 Å². The predicted octanol–water partition coefficient (Wildman–Crippen LogP) is 2.06. The van der Waals surface area contributed by atoms with Crippen molar-refractivity contribution in [1.29, 1.82) is 0 Å². The largest absolute Gasteiger partial charge is 0.481 e. The van der Waals surface area contributed by atoms with Crippen LogP contribution in [0.3, 0.4) is 0 Å². The van der Waals surface area contributed by atoms with Crippen LogP contribution in [0.25, 0.3) is 0 Å². The maximum Gasteiger partial charge on any atom is 0.339 e. The fourth-order valence-corrected chi connectivity index (χ4v) is 1.25. The summed E-state index contributed by atoms with van der Waals surface area (Å²) in [6.45, 7) is 3.49. The van der Waals surface area contributed by atoms with E-state index in [1.165, 1.54) is 13.3 Å². The molecule has 0 saturated carbocycles. The van der Waals surface area contributed by atoms with Gasteiger partial charge < -0.3 is 14.2 Å². The van der Waals surface area contributed by atoms with Gasteiger partial charge in [-0.05, 0) is 12.5 Å². The highest BCUT2D eigenvalue weighted by Gasteiger charge is 2.07. The highest BCUT2D eigenvalue weighted by Crippen LogP contribution is 2.07. The van der Waals surface area contributed by atoms with Crippen LogP contribution in [0.4, 0.5) is 0 Å². The molecule has 5 nitrogen and oxygen atoms in total. The first-order chi connectivity index (χ1) is 8.77. The molecule has 0 saturated heterocycles. The Morgan fingerprint density at radius 1 is 1.28 bits per heavy atom. The van der Waals surface area contributed by atoms with Crippen molar-refractivity contribution in [3.05, 3.63) is 23.9 Å². The maximum atomic E-state index is 11.6. The molecule has 0 radical (unpaired) electrons. The van der Waals surface area contributed by atoms with E-state index in [1.807, 2.05) is 0 Å². The molecule has 1 rings (SSSR count). The summed E-state index contributed by atoms with van der Waals surface area (Å²) < 4.78 is 15.2. The zero-order valence-electron chi connectivity index (χ0n) is 10.8. The second-order valence-electron chi connectivity index (χ2n) is 3.69. The van der Waals surface area contributed by atoms with Gasteiger partial charge in [0.1, 0.15) is 6.61 Å². The average molecular weight is 253 g/mol. The number of nitrogens with zero attached hydrogens (tertiary/aromatic N) is 1. The molecule has 100 valence electrons. The molecule has 0 aliphatic rings. The van der Waals surface area contributed by atoms with E-state index in [-0.39, 0.29) is 6.61 Å². The van der Waals surface area contributed by atoms with Crippen molar-refractivity contribution in [3.63, 3.8) is 0 Å². The number of pyridine rings is 1. The summed E-state index contributed by atoms with van der Waals surface area (Å²) in [5, 5.41) is 0. The Hall–Kier alpha value is -1.62. The first kappa shape index (κ1) is 14.4. The van der Waals surface area contributed by atoms with Gasteiger partial charge in [0, 0.05) is 18.9 Å². The van der Waals surface area contributed by atoms with E-state index in [9.17, 15) is 4.79 Å². The normalized spacial score (nSPS) is 10.1. The molecule has 0 aliphatic carbocycles. The lowest BCUT2D eigenvalue weighted by Gasteiger charge is -2.06. The highest BCUT2D eigenvalue weighted by atomic mass is 16.6. The average Bonchev–Trinajstić information content (AvgIpc) is 2.42. The van der Waals surface area contributed by atoms with Crippen molar-refractivity contribution < 1.29 is 19.0 Å². The summed E-state index contributed by atoms with van der Waals surface area (Å²) in [4.78, 5) is 15.5. The smallest absolute Gasteiger partial charge is 0.339 e. The quantitative estimate of drug-likeness (QED) is 0.524. The number of methoxy groups -OCH3 is 1. The van der Waals surface area contributed by atoms with Crippen molar-refractivity contribution >= 4 is 5.97 Å². The summed E-state index contributed by atoms with van der Waals surface area (Å²) in [5.74, 6) is 0.0682. The van der Waals surface area contributed by atoms with Crippen LogP contribution in [-0.4, -0.2) is 37.9 Å². The van der Waals surface area contributed by atoms with Crippen LogP contribution in [0.1, 0.15) is 30.1 Å². The van der Waals surface area contributed by atoms with E-state index in [1.54, 1.807) is 12.1 Å². The first-order valence-corrected chi connectivity index (χ1v) is 6.02. The van der Waals surface area contributed by atoms with Gasteiger partial charge in [-0.25, -0.2) is 9.78 Å². The van der Waals surface area contributed by atoms with E-state index < -0.39 is 5.97 Å². The van der Waals surface area contributed by atoms with E-state index >= 15 is 0 Å². The van der Waals surface area contributed by atoms with Crippen molar-refractivity contribution in [2.75, 3.05) is 26.9 Å². The van der Waals surface area contributed by atoms with Crippen molar-refractivity contribution in [3.8, 4) is 5.88 Å². The van der Waals surface area contributed by atoms with Gasteiger partial charge in [0.15, 0.2) is 0 Å². The molecule has 5 heteroatoms. The van der Waals surface area contributed by atoms with Crippen LogP contribution in [0.15, 0.2) is 18.3 Å². The number of unbranched alkanes of at least 4 members (excludes halogenated alkanes) is 1. The summed E-state index contributed by atoms with van der Waals surface area (Å²) in [7, 11) is 1.52. The van der Waals surface area contributed by atoms with Gasteiger partial charge in [-0.2, -0.15) is 0 Å². The van der Waals surface area contributed by atoms with Crippen molar-refractivity contribution in [2.24, 2.45) is 0 Å². The summed E-state index contributed by atoms with van der Waals surface area (Å²) >= 11 is 0. The maximum absolute atomic E-state index is 11.6. The molecule has 0 bridgehead atoms. The lowest BCUT2D eigenvalue weighted by molar-refractivity contribution is 0.0313. The van der Waals surface area contributed by atoms with Crippen LogP contribution in [0.2, 0.25) is 0 Å². The molecule has 1 aromatic heterocycles. The van der Waals surface area contributed by atoms with Crippen LogP contribution < -0.4 is 4.74 Å². The number of hydrogen-bond acceptors (Lipinski definition) is 5. The highest BCUT2D eigenvalue weighted by molar-refractivity contribution is 5.89. The Balaban J connectivity index is 2.23. The van der Waals surface area contributed by atoms with Crippen LogP contribution in [-0.2, 0) is 9.47 Å². The van der Waals surface area contributed by atoms with Gasteiger partial charge in [-0.1, -0.05) is 13.3 Å². The number of carbonyl (C=O) groups excluding carboxylic acids is 1. The number of carbonyl (C=O) groups is 1. The third-order valence-corrected chi connectivity index (χ3v) is 2.28. The SMILES string of the molecule is CCCCOCCOC(=O)c1ccc(OC)nc1. The monoisotopic (exact) mass is 253 g/mol. The van der Waals surface area contributed by atoms with Gasteiger partial charge in [-0.15, -0.1) is 0 Å². The minimum atomic E-state index is -0.399. The molecule has 1 aromatic rings. The summed E-state index contributed by atoms with van der Waals surface area (Å²) in [5.41, 5.74) is 0.407. The molecule has 0 aromatic carbocycles. The summed E-state index contributed by atoms with van der Waals surface area (Å²) in [6, 6.07) is 3.24. The van der Waals surface area contributed by atoms with Crippen LogP contribution in [0, 0.1) is 0 Å². The Labute approximate surface area is 107 Å². The van der Waals surface area contributed by atoms with Gasteiger partial charge in [0.25, 0.3) is 0 Å². The Kier molecular flexibility index (Phi) is 6.79. The molecule has 0 fully saturated rings. The fraction of sp³-hybridized carbons (Fsp3) is 0.538. The molecule has 0 atom stereocenters. The molecule has 0 amide bonds. The molecule has 1 heterocycles. The molecule has 0 aliphatic heterocycles. The van der Waals surface area contributed by atoms with Crippen molar-refractivity contribution in [1.82, 2.24) is 4.98 Å². The Bertz CT molecular complexity index is 351. The topological polar surface area (TPSA) is 57.7 Å². The summed E-state index contributed by atoms with van der Waals surface area (Å²) in [6.07, 6.45) is 3.55. The Morgan fingerprint density at radius 2 is 2.11 bits per heavy atom. The number of rotatable bonds is 8. The van der Waals surface area contributed by atoms with Gasteiger partial charge >= 0.3 is 5.97 Å². The van der Waals surface area contributed by atoms with Gasteiger partial charge in [0.2, 0.25) is 5.88 Å². The molecule has 0 spiro atoms. The number of esters is 1. The van der Waals surface area contributed by atoms with E-state index in [2.05, 4.69) is 11.9 Å². The van der Waals surface area contributed by atoms with Gasteiger partial charge in [-0.3, -0.25) is 0 Å². The predicted molar refractivity (Wildman–Crippen MR) is 66.8 cm³/mol. The first-order valence-electron chi connectivity index (χ1n) is 6.02. The molecule has 18 heavy (non-hydrogen) atoms. The lowest BCUT2D eigenvalue weighted by atomic mass is 10.3. The minimum Gasteiger partial charge on any atom is -0.481 e. The minimum absolute atomic E-state index is 0.259. The van der Waals surface area contributed by atoms with Crippen LogP contribution >= 0.6 is 0 Å². The number of aromatic nitrogens is 1. The van der Waals surface area contributed by atoms with Gasteiger partial charge in [0.05, 0.1) is 19.3 Å². The zero-order chi connectivity index (χ0) is 13.2. The molecule has 0 N–H and O–H groups in total. The fourth-order valence-electron chi connectivity index (χ4n) is 1.25. The number of hydrogen-bond donors (Lipinski definition) is 0. The second kappa shape index (κ2) is 8.47.